The van der Waals surface area contributed by atoms with Gasteiger partial charge in [-0.05, 0) is 12.8 Å². The average molecular weight is 222 g/mol. The van der Waals surface area contributed by atoms with Gasteiger partial charge in [0.2, 0.25) is 5.91 Å². The van der Waals surface area contributed by atoms with Crippen LogP contribution < -0.4 is 11.1 Å². The summed E-state index contributed by atoms with van der Waals surface area (Å²) in [7, 11) is 0. The lowest BCUT2D eigenvalue weighted by molar-refractivity contribution is -0.118. The molecule has 0 bridgehead atoms. The van der Waals surface area contributed by atoms with E-state index in [2.05, 4.69) is 15.3 Å². The van der Waals surface area contributed by atoms with Crippen molar-refractivity contribution in [2.24, 2.45) is 11.7 Å². The zero-order chi connectivity index (χ0) is 12.1. The largest absolute Gasteiger partial charge is 0.320 e. The van der Waals surface area contributed by atoms with Crippen LogP contribution in [-0.2, 0) is 4.79 Å². The second-order valence-corrected chi connectivity index (χ2v) is 3.95. The van der Waals surface area contributed by atoms with Crippen molar-refractivity contribution in [3.8, 4) is 0 Å². The zero-order valence-corrected chi connectivity index (χ0v) is 9.90. The molecule has 0 radical (unpaired) electrons. The summed E-state index contributed by atoms with van der Waals surface area (Å²) in [6.45, 7) is 5.80. The van der Waals surface area contributed by atoms with E-state index in [9.17, 15) is 4.79 Å². The van der Waals surface area contributed by atoms with Crippen LogP contribution in [0.1, 0.15) is 26.0 Å². The Labute approximate surface area is 95.5 Å². The molecule has 0 aliphatic rings. The number of nitrogens with zero attached hydrogens (tertiary/aromatic N) is 2. The van der Waals surface area contributed by atoms with E-state index in [4.69, 9.17) is 5.73 Å². The van der Waals surface area contributed by atoms with Crippen LogP contribution in [0, 0.1) is 12.8 Å². The summed E-state index contributed by atoms with van der Waals surface area (Å²) in [6.07, 6.45) is 2.29. The van der Waals surface area contributed by atoms with Crippen molar-refractivity contribution in [3.63, 3.8) is 0 Å². The number of nitrogens with two attached hydrogens (primary N) is 1. The summed E-state index contributed by atoms with van der Waals surface area (Å²) < 4.78 is 0. The average Bonchev–Trinajstić information content (AvgIpc) is 2.27. The molecule has 0 aliphatic heterocycles. The van der Waals surface area contributed by atoms with Crippen molar-refractivity contribution in [2.75, 3.05) is 5.32 Å². The molecule has 16 heavy (non-hydrogen) atoms. The molecule has 2 atom stereocenters. The molecular weight excluding hydrogens is 204 g/mol. The minimum Gasteiger partial charge on any atom is -0.320 e. The van der Waals surface area contributed by atoms with Gasteiger partial charge in [-0.15, -0.1) is 0 Å². The molecule has 0 fully saturated rings. The number of aromatic nitrogens is 2. The maximum Gasteiger partial charge on any atom is 0.242 e. The quantitative estimate of drug-likeness (QED) is 0.799. The Bertz CT molecular complexity index is 367. The lowest BCUT2D eigenvalue weighted by atomic mass is 9.99. The first-order valence-electron chi connectivity index (χ1n) is 5.39. The Morgan fingerprint density at radius 2 is 2.25 bits per heavy atom. The maximum atomic E-state index is 11.7. The third kappa shape index (κ3) is 3.27. The lowest BCUT2D eigenvalue weighted by Gasteiger charge is -2.17. The van der Waals surface area contributed by atoms with Crippen molar-refractivity contribution in [1.29, 1.82) is 0 Å². The van der Waals surface area contributed by atoms with Crippen molar-refractivity contribution >= 4 is 11.7 Å². The van der Waals surface area contributed by atoms with E-state index in [1.165, 1.54) is 6.33 Å². The Balaban J connectivity index is 2.64. The Hall–Kier alpha value is -1.49. The number of aryl methyl sites for hydroxylation is 1. The molecular formula is C11H18N4O. The van der Waals surface area contributed by atoms with E-state index in [0.29, 0.717) is 5.82 Å². The number of hydrogen-bond donors (Lipinski definition) is 2. The molecule has 1 heterocycles. The highest BCUT2D eigenvalue weighted by atomic mass is 16.2. The van der Waals surface area contributed by atoms with Crippen LogP contribution in [0.2, 0.25) is 0 Å². The summed E-state index contributed by atoms with van der Waals surface area (Å²) in [5.41, 5.74) is 6.61. The number of amides is 1. The molecule has 88 valence electrons. The van der Waals surface area contributed by atoms with Crippen LogP contribution in [0.4, 0.5) is 5.82 Å². The van der Waals surface area contributed by atoms with Gasteiger partial charge in [-0.2, -0.15) is 0 Å². The normalized spacial score (nSPS) is 14.2. The van der Waals surface area contributed by atoms with Crippen LogP contribution in [0.5, 0.6) is 0 Å². The first kappa shape index (κ1) is 12.6. The Kier molecular flexibility index (Phi) is 4.37. The molecule has 5 nitrogen and oxygen atoms in total. The summed E-state index contributed by atoms with van der Waals surface area (Å²) >= 11 is 0. The van der Waals surface area contributed by atoms with Crippen LogP contribution >= 0.6 is 0 Å². The zero-order valence-electron chi connectivity index (χ0n) is 9.90. The molecule has 3 N–H and O–H groups in total. The molecule has 0 spiro atoms. The fourth-order valence-corrected chi connectivity index (χ4v) is 1.24. The topological polar surface area (TPSA) is 80.9 Å². The first-order valence-corrected chi connectivity index (χ1v) is 5.39. The summed E-state index contributed by atoms with van der Waals surface area (Å²) in [5, 5.41) is 2.68. The van der Waals surface area contributed by atoms with Gasteiger partial charge in [0.15, 0.2) is 0 Å². The summed E-state index contributed by atoms with van der Waals surface area (Å²) in [5.74, 6) is 0.451. The molecule has 1 amide bonds. The molecule has 0 unspecified atom stereocenters. The van der Waals surface area contributed by atoms with Crippen LogP contribution in [0.3, 0.4) is 0 Å². The van der Waals surface area contributed by atoms with E-state index in [1.54, 1.807) is 6.07 Å². The molecule has 1 aromatic heterocycles. The first-order chi connectivity index (χ1) is 7.54. The van der Waals surface area contributed by atoms with E-state index in [-0.39, 0.29) is 11.8 Å². The monoisotopic (exact) mass is 222 g/mol. The van der Waals surface area contributed by atoms with Gasteiger partial charge in [0.05, 0.1) is 6.04 Å². The van der Waals surface area contributed by atoms with E-state index < -0.39 is 6.04 Å². The Morgan fingerprint density at radius 3 is 2.81 bits per heavy atom. The van der Waals surface area contributed by atoms with Crippen molar-refractivity contribution in [1.82, 2.24) is 9.97 Å². The highest BCUT2D eigenvalue weighted by Gasteiger charge is 2.19. The van der Waals surface area contributed by atoms with E-state index in [0.717, 1.165) is 12.1 Å². The molecule has 0 saturated carbocycles. The second-order valence-electron chi connectivity index (χ2n) is 3.95. The van der Waals surface area contributed by atoms with Gasteiger partial charge >= 0.3 is 0 Å². The van der Waals surface area contributed by atoms with E-state index in [1.807, 2.05) is 20.8 Å². The maximum absolute atomic E-state index is 11.7. The predicted molar refractivity (Wildman–Crippen MR) is 62.8 cm³/mol. The van der Waals surface area contributed by atoms with Crippen molar-refractivity contribution in [2.45, 2.75) is 33.2 Å². The number of nitrogens with one attached hydrogen (secondary N) is 1. The van der Waals surface area contributed by atoms with Crippen LogP contribution in [0.25, 0.3) is 0 Å². The fraction of sp³-hybridized carbons (Fsp3) is 0.545. The van der Waals surface area contributed by atoms with Crippen LogP contribution in [-0.4, -0.2) is 21.9 Å². The van der Waals surface area contributed by atoms with Crippen molar-refractivity contribution < 1.29 is 4.79 Å². The Morgan fingerprint density at radius 1 is 1.56 bits per heavy atom. The molecule has 0 aromatic carbocycles. The van der Waals surface area contributed by atoms with Gasteiger partial charge in [-0.25, -0.2) is 9.97 Å². The smallest absolute Gasteiger partial charge is 0.242 e. The molecule has 0 saturated heterocycles. The standard InChI is InChI=1S/C11H18N4O/c1-4-7(2)10(12)11(16)15-9-5-8(3)13-6-14-9/h5-7,10H,4,12H2,1-3H3,(H,13,14,15,16)/t7-,10-/m0/s1. The predicted octanol–water partition coefficient (Wildman–Crippen LogP) is 1.10. The molecule has 0 aliphatic carbocycles. The van der Waals surface area contributed by atoms with E-state index >= 15 is 0 Å². The SMILES string of the molecule is CC[C@H](C)[C@H](N)C(=O)Nc1cc(C)ncn1. The molecule has 5 heteroatoms. The highest BCUT2D eigenvalue weighted by Crippen LogP contribution is 2.08. The van der Waals surface area contributed by atoms with Gasteiger partial charge in [-0.1, -0.05) is 20.3 Å². The summed E-state index contributed by atoms with van der Waals surface area (Å²) in [4.78, 5) is 19.6. The number of anilines is 1. The van der Waals surface area contributed by atoms with Gasteiger partial charge < -0.3 is 11.1 Å². The summed E-state index contributed by atoms with van der Waals surface area (Å²) in [6, 6.07) is 1.21. The number of hydrogen-bond acceptors (Lipinski definition) is 4. The molecule has 1 rings (SSSR count). The third-order valence-electron chi connectivity index (χ3n) is 2.61. The minimum absolute atomic E-state index is 0.155. The van der Waals surface area contributed by atoms with Gasteiger partial charge in [0.25, 0.3) is 0 Å². The number of carbonyl (C=O) groups is 1. The van der Waals surface area contributed by atoms with Gasteiger partial charge in [-0.3, -0.25) is 4.79 Å². The molecule has 1 aromatic rings. The highest BCUT2D eigenvalue weighted by molar-refractivity contribution is 5.94. The lowest BCUT2D eigenvalue weighted by Crippen LogP contribution is -2.40. The number of rotatable bonds is 4. The minimum atomic E-state index is -0.500. The third-order valence-corrected chi connectivity index (χ3v) is 2.61. The number of carbonyl (C=O) groups excluding carboxylic acids is 1. The van der Waals surface area contributed by atoms with Crippen LogP contribution in [0.15, 0.2) is 12.4 Å². The fourth-order valence-electron chi connectivity index (χ4n) is 1.24. The van der Waals surface area contributed by atoms with Gasteiger partial charge in [0, 0.05) is 11.8 Å². The van der Waals surface area contributed by atoms with Crippen molar-refractivity contribution in [3.05, 3.63) is 18.1 Å². The van der Waals surface area contributed by atoms with Gasteiger partial charge in [0.1, 0.15) is 12.1 Å². The second kappa shape index (κ2) is 5.55.